The van der Waals surface area contributed by atoms with Gasteiger partial charge < -0.3 is 20.3 Å². The average Bonchev–Trinajstić information content (AvgIpc) is 3.18. The topological polar surface area (TPSA) is 85.3 Å². The van der Waals surface area contributed by atoms with E-state index in [0.29, 0.717) is 18.4 Å². The summed E-state index contributed by atoms with van der Waals surface area (Å²) in [6, 6.07) is 9.98. The Labute approximate surface area is 197 Å². The molecule has 0 aliphatic heterocycles. The summed E-state index contributed by atoms with van der Waals surface area (Å²) in [5, 5.41) is 4.64. The third kappa shape index (κ3) is 5.82. The van der Waals surface area contributed by atoms with Crippen molar-refractivity contribution >= 4 is 17.5 Å². The Morgan fingerprint density at radius 3 is 2.45 bits per heavy atom. The van der Waals surface area contributed by atoms with Gasteiger partial charge in [-0.3, -0.25) is 4.68 Å². The summed E-state index contributed by atoms with van der Waals surface area (Å²) < 4.78 is 7.80. The van der Waals surface area contributed by atoms with Crippen LogP contribution in [-0.4, -0.2) is 57.9 Å². The third-order valence-electron chi connectivity index (χ3n) is 5.81. The quantitative estimate of drug-likeness (QED) is 0.521. The van der Waals surface area contributed by atoms with Crippen LogP contribution in [0.15, 0.2) is 36.5 Å². The number of benzene rings is 1. The molecule has 0 bridgehead atoms. The molecule has 3 rings (SSSR count). The third-order valence-corrected chi connectivity index (χ3v) is 5.81. The minimum absolute atomic E-state index is 0.0513. The lowest BCUT2D eigenvalue weighted by Gasteiger charge is -2.20. The van der Waals surface area contributed by atoms with Gasteiger partial charge in [-0.2, -0.15) is 10.1 Å². The van der Waals surface area contributed by atoms with Crippen LogP contribution in [0, 0.1) is 0 Å². The van der Waals surface area contributed by atoms with Gasteiger partial charge in [-0.05, 0) is 31.3 Å². The normalized spacial score (nSPS) is 11.8. The first-order valence-electron chi connectivity index (χ1n) is 11.5. The molecule has 0 unspecified atom stereocenters. The second-order valence-electron chi connectivity index (χ2n) is 9.19. The lowest BCUT2D eigenvalue weighted by Crippen LogP contribution is -2.27. The molecular weight excluding hydrogens is 414 g/mol. The summed E-state index contributed by atoms with van der Waals surface area (Å²) in [5.41, 5.74) is 9.90. The SMILES string of the molecule is CCN(CC)CCOc1cccc(N(C)c2ncc(-c3cc(C(C)(C)C)nn3C)c(N)n2)c1. The minimum Gasteiger partial charge on any atom is -0.492 e. The summed E-state index contributed by atoms with van der Waals surface area (Å²) in [7, 11) is 3.83. The van der Waals surface area contributed by atoms with Crippen molar-refractivity contribution < 1.29 is 4.74 Å². The van der Waals surface area contributed by atoms with Gasteiger partial charge in [0.2, 0.25) is 5.95 Å². The highest BCUT2D eigenvalue weighted by Gasteiger charge is 2.21. The van der Waals surface area contributed by atoms with Crippen molar-refractivity contribution in [3.05, 3.63) is 42.2 Å². The van der Waals surface area contributed by atoms with Crippen molar-refractivity contribution in [2.45, 2.75) is 40.0 Å². The fourth-order valence-electron chi connectivity index (χ4n) is 3.56. The van der Waals surface area contributed by atoms with Crippen LogP contribution in [0.5, 0.6) is 5.75 Å². The molecule has 0 radical (unpaired) electrons. The molecule has 0 saturated heterocycles. The summed E-state index contributed by atoms with van der Waals surface area (Å²) in [6.07, 6.45) is 1.77. The van der Waals surface area contributed by atoms with Gasteiger partial charge in [0.1, 0.15) is 18.2 Å². The Morgan fingerprint density at radius 1 is 1.12 bits per heavy atom. The van der Waals surface area contributed by atoms with E-state index in [4.69, 9.17) is 10.5 Å². The average molecular weight is 452 g/mol. The van der Waals surface area contributed by atoms with Gasteiger partial charge in [0, 0.05) is 44.0 Å². The standard InChI is InChI=1S/C25H37N7O/c1-8-32(9-2)13-14-33-19-12-10-11-18(15-19)30(6)24-27-17-20(23(26)28-24)21-16-22(25(3,4)5)29-31(21)7/h10-12,15-17H,8-9,13-14H2,1-7H3,(H2,26,27,28). The zero-order valence-corrected chi connectivity index (χ0v) is 21.0. The van der Waals surface area contributed by atoms with E-state index in [0.717, 1.165) is 48.0 Å². The van der Waals surface area contributed by atoms with Gasteiger partial charge in [0.25, 0.3) is 0 Å². The predicted molar refractivity (Wildman–Crippen MR) is 135 cm³/mol. The van der Waals surface area contributed by atoms with E-state index in [1.165, 1.54) is 0 Å². The Morgan fingerprint density at radius 2 is 1.85 bits per heavy atom. The molecule has 8 nitrogen and oxygen atoms in total. The van der Waals surface area contributed by atoms with Crippen LogP contribution >= 0.6 is 0 Å². The van der Waals surface area contributed by atoms with Crippen molar-refractivity contribution in [2.75, 3.05) is 43.9 Å². The van der Waals surface area contributed by atoms with Gasteiger partial charge in [0.15, 0.2) is 0 Å². The molecule has 0 amide bonds. The van der Waals surface area contributed by atoms with Crippen LogP contribution < -0.4 is 15.4 Å². The molecule has 33 heavy (non-hydrogen) atoms. The molecule has 2 N–H and O–H groups in total. The monoisotopic (exact) mass is 451 g/mol. The molecule has 2 aromatic heterocycles. The molecule has 0 aliphatic carbocycles. The van der Waals surface area contributed by atoms with Gasteiger partial charge in [-0.15, -0.1) is 0 Å². The molecule has 0 fully saturated rings. The van der Waals surface area contributed by atoms with Crippen molar-refractivity contribution in [1.82, 2.24) is 24.6 Å². The molecule has 0 spiro atoms. The van der Waals surface area contributed by atoms with E-state index in [-0.39, 0.29) is 5.41 Å². The summed E-state index contributed by atoms with van der Waals surface area (Å²) in [5.74, 6) is 1.76. The first kappa shape index (κ1) is 24.5. The number of hydrogen-bond acceptors (Lipinski definition) is 7. The highest BCUT2D eigenvalue weighted by molar-refractivity contribution is 5.72. The zero-order chi connectivity index (χ0) is 24.2. The number of anilines is 3. The number of ether oxygens (including phenoxy) is 1. The fourth-order valence-corrected chi connectivity index (χ4v) is 3.56. The second kappa shape index (κ2) is 10.2. The molecule has 2 heterocycles. The number of nitrogen functional groups attached to an aromatic ring is 1. The number of likely N-dealkylation sites (N-methyl/N-ethyl adjacent to an activating group) is 1. The number of aromatic nitrogens is 4. The van der Waals surface area contributed by atoms with E-state index in [9.17, 15) is 0 Å². The molecule has 3 aromatic rings. The van der Waals surface area contributed by atoms with Gasteiger partial charge in [0.05, 0.1) is 17.0 Å². The molecule has 8 heteroatoms. The number of nitrogens with two attached hydrogens (primary N) is 1. The van der Waals surface area contributed by atoms with Crippen LogP contribution in [0.3, 0.4) is 0 Å². The maximum atomic E-state index is 6.36. The van der Waals surface area contributed by atoms with E-state index in [1.54, 1.807) is 6.20 Å². The van der Waals surface area contributed by atoms with Crippen LogP contribution in [0.4, 0.5) is 17.5 Å². The highest BCUT2D eigenvalue weighted by atomic mass is 16.5. The molecular formula is C25H37N7O. The summed E-state index contributed by atoms with van der Waals surface area (Å²) in [6.45, 7) is 14.3. The fraction of sp³-hybridized carbons (Fsp3) is 0.480. The summed E-state index contributed by atoms with van der Waals surface area (Å²) in [4.78, 5) is 13.4. The smallest absolute Gasteiger partial charge is 0.231 e. The predicted octanol–water partition coefficient (Wildman–Crippen LogP) is 4.25. The van der Waals surface area contributed by atoms with Gasteiger partial charge >= 0.3 is 0 Å². The maximum Gasteiger partial charge on any atom is 0.231 e. The number of hydrogen-bond donors (Lipinski definition) is 1. The highest BCUT2D eigenvalue weighted by Crippen LogP contribution is 2.31. The van der Waals surface area contributed by atoms with Crippen LogP contribution in [0.1, 0.15) is 40.3 Å². The van der Waals surface area contributed by atoms with Crippen molar-refractivity contribution in [3.8, 4) is 17.0 Å². The minimum atomic E-state index is -0.0513. The number of nitrogens with zero attached hydrogens (tertiary/aromatic N) is 6. The molecule has 0 atom stereocenters. The van der Waals surface area contributed by atoms with Crippen LogP contribution in [0.2, 0.25) is 0 Å². The summed E-state index contributed by atoms with van der Waals surface area (Å²) >= 11 is 0. The molecule has 1 aromatic carbocycles. The van der Waals surface area contributed by atoms with Gasteiger partial charge in [-0.1, -0.05) is 40.7 Å². The maximum absolute atomic E-state index is 6.36. The van der Waals surface area contributed by atoms with E-state index >= 15 is 0 Å². The Kier molecular flexibility index (Phi) is 7.58. The Balaban J connectivity index is 1.77. The van der Waals surface area contributed by atoms with Crippen molar-refractivity contribution in [2.24, 2.45) is 7.05 Å². The lowest BCUT2D eigenvalue weighted by atomic mass is 9.92. The Bertz CT molecular complexity index is 1070. The number of aryl methyl sites for hydroxylation is 1. The largest absolute Gasteiger partial charge is 0.492 e. The van der Waals surface area contributed by atoms with Crippen molar-refractivity contribution in [1.29, 1.82) is 0 Å². The van der Waals surface area contributed by atoms with E-state index < -0.39 is 0 Å². The molecule has 178 valence electrons. The van der Waals surface area contributed by atoms with E-state index in [2.05, 4.69) is 60.7 Å². The van der Waals surface area contributed by atoms with Crippen molar-refractivity contribution in [3.63, 3.8) is 0 Å². The zero-order valence-electron chi connectivity index (χ0n) is 21.0. The van der Waals surface area contributed by atoms with Gasteiger partial charge in [-0.25, -0.2) is 4.98 Å². The number of rotatable bonds is 9. The Hall–Kier alpha value is -3.13. The molecule has 0 aliphatic rings. The lowest BCUT2D eigenvalue weighted by molar-refractivity contribution is 0.223. The molecule has 0 saturated carbocycles. The van der Waals surface area contributed by atoms with E-state index in [1.807, 2.05) is 47.9 Å². The first-order valence-corrected chi connectivity index (χ1v) is 11.5. The van der Waals surface area contributed by atoms with Crippen LogP contribution in [0.25, 0.3) is 11.3 Å². The first-order chi connectivity index (χ1) is 15.6. The second-order valence-corrected chi connectivity index (χ2v) is 9.19. The van der Waals surface area contributed by atoms with Crippen LogP contribution in [-0.2, 0) is 12.5 Å².